The van der Waals surface area contributed by atoms with E-state index in [9.17, 15) is 9.18 Å². The zero-order valence-corrected chi connectivity index (χ0v) is 14.8. The van der Waals surface area contributed by atoms with Gasteiger partial charge in [0, 0.05) is 6.42 Å². The summed E-state index contributed by atoms with van der Waals surface area (Å²) >= 11 is 0. The van der Waals surface area contributed by atoms with E-state index in [1.165, 1.54) is 24.8 Å². The number of carbonyl (C=O) groups is 1. The van der Waals surface area contributed by atoms with E-state index in [4.69, 9.17) is 0 Å². The molecular formula is C21H29FO. The van der Waals surface area contributed by atoms with Crippen LogP contribution in [0.2, 0.25) is 0 Å². The molecule has 23 heavy (non-hydrogen) atoms. The second kappa shape index (κ2) is 5.04. The molecule has 4 aliphatic carbocycles. The number of hydrogen-bond acceptors (Lipinski definition) is 1. The Morgan fingerprint density at radius 2 is 1.78 bits per heavy atom. The maximum Gasteiger partial charge on any atom is 0.155 e. The monoisotopic (exact) mass is 316 g/mol. The molecule has 2 heteroatoms. The van der Waals surface area contributed by atoms with Gasteiger partial charge >= 0.3 is 0 Å². The number of hydrogen-bond donors (Lipinski definition) is 0. The molecule has 0 N–H and O–H groups in total. The van der Waals surface area contributed by atoms with Crippen LogP contribution >= 0.6 is 0 Å². The molecule has 5 atom stereocenters. The van der Waals surface area contributed by atoms with Gasteiger partial charge in [0.25, 0.3) is 0 Å². The molecule has 3 unspecified atom stereocenters. The van der Waals surface area contributed by atoms with E-state index in [2.05, 4.69) is 13.8 Å². The highest BCUT2D eigenvalue weighted by Crippen LogP contribution is 2.66. The number of carbonyl (C=O) groups excluding carboxylic acids is 1. The van der Waals surface area contributed by atoms with Crippen LogP contribution in [-0.2, 0) is 4.79 Å². The molecule has 3 saturated carbocycles. The van der Waals surface area contributed by atoms with E-state index in [-0.39, 0.29) is 16.7 Å². The zero-order chi connectivity index (χ0) is 16.4. The highest BCUT2D eigenvalue weighted by atomic mass is 19.1. The van der Waals surface area contributed by atoms with Gasteiger partial charge in [-0.25, -0.2) is 4.39 Å². The third kappa shape index (κ3) is 2.06. The van der Waals surface area contributed by atoms with E-state index in [0.717, 1.165) is 43.6 Å². The normalized spacial score (nSPS) is 48.3. The minimum absolute atomic E-state index is 0.0827. The van der Waals surface area contributed by atoms with Crippen LogP contribution in [0, 0.1) is 28.6 Å². The fourth-order valence-corrected chi connectivity index (χ4v) is 6.94. The van der Waals surface area contributed by atoms with Gasteiger partial charge in [-0.15, -0.1) is 0 Å². The fourth-order valence-electron chi connectivity index (χ4n) is 6.94. The van der Waals surface area contributed by atoms with Crippen LogP contribution in [0.3, 0.4) is 0 Å². The zero-order valence-electron chi connectivity index (χ0n) is 14.8. The summed E-state index contributed by atoms with van der Waals surface area (Å²) in [6, 6.07) is 0. The molecule has 0 spiro atoms. The molecule has 0 amide bonds. The van der Waals surface area contributed by atoms with Gasteiger partial charge in [0.15, 0.2) is 5.78 Å². The lowest BCUT2D eigenvalue weighted by atomic mass is 9.47. The molecule has 126 valence electrons. The molecular weight excluding hydrogens is 287 g/mol. The van der Waals surface area contributed by atoms with Crippen LogP contribution in [0.5, 0.6) is 0 Å². The standard InChI is InChI=1S/C21H29FO/c1-13(22)17-6-7-18-16-5-4-14-12-15(23)8-10-20(14,2)19(16)9-11-21(17,18)3/h12,16,18-19H,4-11H2,1-3H3/b17-13+/t16?,18?,19?,20-,21+/m0/s1. The van der Waals surface area contributed by atoms with E-state index < -0.39 is 0 Å². The Kier molecular flexibility index (Phi) is 3.42. The lowest BCUT2D eigenvalue weighted by Crippen LogP contribution is -2.49. The molecule has 4 aliphatic rings. The van der Waals surface area contributed by atoms with Crippen LogP contribution in [0.1, 0.15) is 72.1 Å². The van der Waals surface area contributed by atoms with E-state index in [0.29, 0.717) is 17.6 Å². The molecule has 4 rings (SSSR count). The van der Waals surface area contributed by atoms with Crippen molar-refractivity contribution in [3.05, 3.63) is 23.0 Å². The molecule has 3 fully saturated rings. The average molecular weight is 316 g/mol. The summed E-state index contributed by atoms with van der Waals surface area (Å²) in [4.78, 5) is 11.8. The first-order valence-corrected chi connectivity index (χ1v) is 9.46. The minimum Gasteiger partial charge on any atom is -0.295 e. The van der Waals surface area contributed by atoms with Gasteiger partial charge in [-0.3, -0.25) is 4.79 Å². The fraction of sp³-hybridized carbons (Fsp3) is 0.762. The van der Waals surface area contributed by atoms with E-state index in [1.807, 2.05) is 6.08 Å². The molecule has 0 aromatic heterocycles. The lowest BCUT2D eigenvalue weighted by Gasteiger charge is -2.57. The summed E-state index contributed by atoms with van der Waals surface area (Å²) in [5.41, 5.74) is 2.87. The van der Waals surface area contributed by atoms with Crippen LogP contribution < -0.4 is 0 Å². The highest BCUT2D eigenvalue weighted by molar-refractivity contribution is 5.91. The molecule has 0 heterocycles. The summed E-state index contributed by atoms with van der Waals surface area (Å²) in [7, 11) is 0. The first-order chi connectivity index (χ1) is 10.9. The minimum atomic E-state index is 0.0827. The Hall–Kier alpha value is -0.920. The van der Waals surface area contributed by atoms with Crippen molar-refractivity contribution in [1.29, 1.82) is 0 Å². The van der Waals surface area contributed by atoms with Crippen molar-refractivity contribution in [2.24, 2.45) is 28.6 Å². The van der Waals surface area contributed by atoms with Crippen molar-refractivity contribution in [2.75, 3.05) is 0 Å². The summed E-state index contributed by atoms with van der Waals surface area (Å²) in [6.07, 6.45) is 10.5. The number of halogens is 1. The Bertz CT molecular complexity index is 611. The molecule has 0 aromatic carbocycles. The molecule has 1 nitrogen and oxygen atoms in total. The average Bonchev–Trinajstić information content (AvgIpc) is 2.85. The molecule has 0 aliphatic heterocycles. The first-order valence-electron chi connectivity index (χ1n) is 9.46. The van der Waals surface area contributed by atoms with Gasteiger partial charge in [-0.1, -0.05) is 19.4 Å². The predicted molar refractivity (Wildman–Crippen MR) is 90.5 cm³/mol. The third-order valence-corrected chi connectivity index (χ3v) is 8.16. The Morgan fingerprint density at radius 3 is 2.52 bits per heavy atom. The van der Waals surface area contributed by atoms with Gasteiger partial charge in [-0.05, 0) is 92.1 Å². The maximum absolute atomic E-state index is 14.1. The molecule has 0 radical (unpaired) electrons. The van der Waals surface area contributed by atoms with Gasteiger partial charge in [0.2, 0.25) is 0 Å². The van der Waals surface area contributed by atoms with Crippen molar-refractivity contribution >= 4 is 5.78 Å². The van der Waals surface area contributed by atoms with Gasteiger partial charge in [0.1, 0.15) is 0 Å². The number of allylic oxidation sites excluding steroid dienone is 3. The number of rotatable bonds is 0. The SMILES string of the molecule is C/C(F)=C1/CCC2C3CCC4=CC(=O)CC[C@]4(C)C3CC[C@]12C. The van der Waals surface area contributed by atoms with Crippen LogP contribution in [0.4, 0.5) is 4.39 Å². The van der Waals surface area contributed by atoms with Crippen LogP contribution in [0.15, 0.2) is 23.0 Å². The van der Waals surface area contributed by atoms with Crippen LogP contribution in [-0.4, -0.2) is 5.78 Å². The Morgan fingerprint density at radius 1 is 1.04 bits per heavy atom. The largest absolute Gasteiger partial charge is 0.295 e. The highest BCUT2D eigenvalue weighted by Gasteiger charge is 2.57. The van der Waals surface area contributed by atoms with Crippen molar-refractivity contribution in [3.8, 4) is 0 Å². The van der Waals surface area contributed by atoms with Crippen LogP contribution in [0.25, 0.3) is 0 Å². The van der Waals surface area contributed by atoms with Crippen molar-refractivity contribution in [2.45, 2.75) is 72.1 Å². The van der Waals surface area contributed by atoms with Crippen molar-refractivity contribution < 1.29 is 9.18 Å². The molecule has 0 saturated heterocycles. The van der Waals surface area contributed by atoms with Gasteiger partial charge < -0.3 is 0 Å². The quantitative estimate of drug-likeness (QED) is 0.555. The smallest absolute Gasteiger partial charge is 0.155 e. The summed E-state index contributed by atoms with van der Waals surface area (Å²) in [5, 5.41) is 0. The van der Waals surface area contributed by atoms with E-state index >= 15 is 0 Å². The lowest BCUT2D eigenvalue weighted by molar-refractivity contribution is -0.117. The Balaban J connectivity index is 1.70. The second-order valence-electron chi connectivity index (χ2n) is 8.98. The summed E-state index contributed by atoms with van der Waals surface area (Å²) in [6.45, 7) is 6.40. The molecule has 0 aromatic rings. The second-order valence-corrected chi connectivity index (χ2v) is 8.98. The van der Waals surface area contributed by atoms with Crippen molar-refractivity contribution in [3.63, 3.8) is 0 Å². The maximum atomic E-state index is 14.1. The van der Waals surface area contributed by atoms with Gasteiger partial charge in [0.05, 0.1) is 5.83 Å². The van der Waals surface area contributed by atoms with Crippen molar-refractivity contribution in [1.82, 2.24) is 0 Å². The number of fused-ring (bicyclic) bond motifs is 5. The van der Waals surface area contributed by atoms with E-state index in [1.54, 1.807) is 6.92 Å². The predicted octanol–water partition coefficient (Wildman–Crippen LogP) is 5.76. The third-order valence-electron chi connectivity index (χ3n) is 8.16. The topological polar surface area (TPSA) is 17.1 Å². The summed E-state index contributed by atoms with van der Waals surface area (Å²) in [5.74, 6) is 2.49. The Labute approximate surface area is 139 Å². The number of ketones is 1. The first kappa shape index (κ1) is 15.6. The molecule has 0 bridgehead atoms. The van der Waals surface area contributed by atoms with Gasteiger partial charge in [-0.2, -0.15) is 0 Å². The summed E-state index contributed by atoms with van der Waals surface area (Å²) < 4.78 is 14.1.